The first-order valence-electron chi connectivity index (χ1n) is 6.51. The van der Waals surface area contributed by atoms with Crippen LogP contribution in [0.4, 0.5) is 0 Å². The highest BCUT2D eigenvalue weighted by atomic mass is 16.2. The van der Waals surface area contributed by atoms with Crippen molar-refractivity contribution in [2.24, 2.45) is 5.84 Å². The van der Waals surface area contributed by atoms with E-state index in [1.54, 1.807) is 0 Å². The van der Waals surface area contributed by atoms with Crippen molar-refractivity contribution in [3.63, 3.8) is 0 Å². The van der Waals surface area contributed by atoms with Crippen molar-refractivity contribution in [2.75, 3.05) is 7.05 Å². The molecule has 98 valence electrons. The molecule has 1 saturated carbocycles. The lowest BCUT2D eigenvalue weighted by atomic mass is 10.1. The number of rotatable bonds is 4. The van der Waals surface area contributed by atoms with Gasteiger partial charge in [0.25, 0.3) is 5.91 Å². The summed E-state index contributed by atoms with van der Waals surface area (Å²) in [5.41, 5.74) is 3.92. The third kappa shape index (κ3) is 2.89. The maximum atomic E-state index is 11.7. The van der Waals surface area contributed by atoms with Crippen LogP contribution in [0.1, 0.15) is 41.6 Å². The molecule has 18 heavy (non-hydrogen) atoms. The molecule has 0 aliphatic heterocycles. The largest absolute Gasteiger partial charge is 0.299 e. The van der Waals surface area contributed by atoms with Crippen molar-refractivity contribution in [3.8, 4) is 0 Å². The van der Waals surface area contributed by atoms with Crippen molar-refractivity contribution < 1.29 is 4.79 Å². The van der Waals surface area contributed by atoms with Crippen molar-refractivity contribution in [3.05, 3.63) is 35.4 Å². The predicted molar refractivity (Wildman–Crippen MR) is 71.8 cm³/mol. The van der Waals surface area contributed by atoms with Gasteiger partial charge in [0, 0.05) is 18.2 Å². The minimum absolute atomic E-state index is 0.217. The van der Waals surface area contributed by atoms with Crippen molar-refractivity contribution >= 4 is 5.91 Å². The molecule has 3 N–H and O–H groups in total. The quantitative estimate of drug-likeness (QED) is 0.483. The molecular weight excluding hydrogens is 226 g/mol. The fourth-order valence-electron chi connectivity index (χ4n) is 2.70. The van der Waals surface area contributed by atoms with Crippen LogP contribution in [0.25, 0.3) is 0 Å². The van der Waals surface area contributed by atoms with Crippen LogP contribution in [0.5, 0.6) is 0 Å². The van der Waals surface area contributed by atoms with Crippen LogP contribution in [0, 0.1) is 0 Å². The Kier molecular flexibility index (Phi) is 4.33. The van der Waals surface area contributed by atoms with Crippen LogP contribution in [0.15, 0.2) is 24.3 Å². The van der Waals surface area contributed by atoms with Gasteiger partial charge in [-0.05, 0) is 31.5 Å². The van der Waals surface area contributed by atoms with E-state index < -0.39 is 0 Å². The number of benzene rings is 1. The molecule has 0 bridgehead atoms. The fraction of sp³-hybridized carbons (Fsp3) is 0.500. The van der Waals surface area contributed by atoms with Gasteiger partial charge in [-0.3, -0.25) is 15.1 Å². The highest BCUT2D eigenvalue weighted by molar-refractivity contribution is 5.95. The van der Waals surface area contributed by atoms with Crippen molar-refractivity contribution in [1.29, 1.82) is 0 Å². The molecule has 2 rings (SSSR count). The number of nitrogens with two attached hydrogens (primary N) is 1. The second-order valence-corrected chi connectivity index (χ2v) is 4.98. The molecule has 1 amide bonds. The first kappa shape index (κ1) is 13.1. The smallest absolute Gasteiger partial charge is 0.265 e. The number of nitrogen functional groups attached to an aromatic ring is 1. The third-order valence-corrected chi connectivity index (χ3v) is 3.76. The maximum Gasteiger partial charge on any atom is 0.265 e. The van der Waals surface area contributed by atoms with Crippen molar-refractivity contribution in [2.45, 2.75) is 38.3 Å². The maximum absolute atomic E-state index is 11.7. The van der Waals surface area contributed by atoms with Gasteiger partial charge < -0.3 is 0 Å². The Balaban J connectivity index is 2.10. The van der Waals surface area contributed by atoms with Crippen LogP contribution in [-0.4, -0.2) is 23.9 Å². The van der Waals surface area contributed by atoms with E-state index in [-0.39, 0.29) is 5.91 Å². The molecule has 0 saturated heterocycles. The van der Waals surface area contributed by atoms with Crippen LogP contribution < -0.4 is 11.3 Å². The van der Waals surface area contributed by atoms with E-state index in [0.717, 1.165) is 12.1 Å². The zero-order valence-electron chi connectivity index (χ0n) is 10.9. The van der Waals surface area contributed by atoms with E-state index in [4.69, 9.17) is 5.84 Å². The highest BCUT2D eigenvalue weighted by Crippen LogP contribution is 2.24. The van der Waals surface area contributed by atoms with E-state index in [2.05, 4.69) is 17.4 Å². The van der Waals surface area contributed by atoms with Crippen LogP contribution in [0.3, 0.4) is 0 Å². The molecule has 1 aromatic carbocycles. The Morgan fingerprint density at radius 2 is 2.06 bits per heavy atom. The monoisotopic (exact) mass is 247 g/mol. The number of nitrogens with one attached hydrogen (secondary N) is 1. The second kappa shape index (κ2) is 5.98. The van der Waals surface area contributed by atoms with E-state index in [0.29, 0.717) is 11.6 Å². The van der Waals surface area contributed by atoms with Crippen LogP contribution in [-0.2, 0) is 6.54 Å². The number of carbonyl (C=O) groups is 1. The number of hydrogen-bond acceptors (Lipinski definition) is 3. The van der Waals surface area contributed by atoms with Gasteiger partial charge in [0.05, 0.1) is 0 Å². The summed E-state index contributed by atoms with van der Waals surface area (Å²) in [5.74, 6) is 5.00. The summed E-state index contributed by atoms with van der Waals surface area (Å²) in [7, 11) is 2.13. The Morgan fingerprint density at radius 3 is 2.72 bits per heavy atom. The molecule has 0 radical (unpaired) electrons. The normalized spacial score (nSPS) is 16.2. The van der Waals surface area contributed by atoms with Gasteiger partial charge in [-0.15, -0.1) is 0 Å². The summed E-state index contributed by atoms with van der Waals surface area (Å²) in [6.07, 6.45) is 5.17. The zero-order chi connectivity index (χ0) is 13.0. The van der Waals surface area contributed by atoms with Gasteiger partial charge in [0.1, 0.15) is 0 Å². The topological polar surface area (TPSA) is 58.4 Å². The molecule has 4 heteroatoms. The molecule has 4 nitrogen and oxygen atoms in total. The number of carbonyl (C=O) groups excluding carboxylic acids is 1. The Hall–Kier alpha value is -1.39. The molecule has 0 spiro atoms. The van der Waals surface area contributed by atoms with Gasteiger partial charge in [0.15, 0.2) is 0 Å². The molecule has 1 fully saturated rings. The summed E-state index contributed by atoms with van der Waals surface area (Å²) in [6, 6.07) is 8.30. The van der Waals surface area contributed by atoms with E-state index in [9.17, 15) is 4.79 Å². The molecule has 0 unspecified atom stereocenters. The van der Waals surface area contributed by atoms with Crippen LogP contribution >= 0.6 is 0 Å². The minimum atomic E-state index is -0.217. The molecule has 1 aromatic rings. The summed E-state index contributed by atoms with van der Waals surface area (Å²) in [4.78, 5) is 14.0. The van der Waals surface area contributed by atoms with E-state index in [1.165, 1.54) is 25.7 Å². The summed E-state index contributed by atoms with van der Waals surface area (Å²) < 4.78 is 0. The average Bonchev–Trinajstić information content (AvgIpc) is 2.92. The number of hydrazine groups is 1. The first-order chi connectivity index (χ1) is 8.72. The average molecular weight is 247 g/mol. The third-order valence-electron chi connectivity index (χ3n) is 3.76. The fourth-order valence-corrected chi connectivity index (χ4v) is 2.70. The highest BCUT2D eigenvalue weighted by Gasteiger charge is 2.20. The molecule has 1 aliphatic carbocycles. The molecule has 0 aromatic heterocycles. The Bertz CT molecular complexity index is 413. The lowest BCUT2D eigenvalue weighted by Gasteiger charge is -2.24. The SMILES string of the molecule is CN(Cc1ccccc1C(=O)NN)C1CCCC1. The number of nitrogens with zero attached hydrogens (tertiary/aromatic N) is 1. The van der Waals surface area contributed by atoms with Gasteiger partial charge in [-0.2, -0.15) is 0 Å². The Labute approximate surface area is 108 Å². The molecule has 0 atom stereocenters. The Morgan fingerprint density at radius 1 is 1.39 bits per heavy atom. The lowest BCUT2D eigenvalue weighted by molar-refractivity contribution is 0.0951. The van der Waals surface area contributed by atoms with E-state index in [1.807, 2.05) is 24.3 Å². The van der Waals surface area contributed by atoms with Gasteiger partial charge in [-0.1, -0.05) is 31.0 Å². The zero-order valence-corrected chi connectivity index (χ0v) is 10.9. The summed E-state index contributed by atoms with van der Waals surface area (Å²) >= 11 is 0. The van der Waals surface area contributed by atoms with Crippen molar-refractivity contribution in [1.82, 2.24) is 10.3 Å². The van der Waals surface area contributed by atoms with Gasteiger partial charge in [-0.25, -0.2) is 5.84 Å². The second-order valence-electron chi connectivity index (χ2n) is 4.98. The summed E-state index contributed by atoms with van der Waals surface area (Å²) in [5, 5.41) is 0. The van der Waals surface area contributed by atoms with Crippen LogP contribution in [0.2, 0.25) is 0 Å². The van der Waals surface area contributed by atoms with Gasteiger partial charge >= 0.3 is 0 Å². The molecule has 1 aliphatic rings. The minimum Gasteiger partial charge on any atom is -0.299 e. The predicted octanol–water partition coefficient (Wildman–Crippen LogP) is 1.66. The van der Waals surface area contributed by atoms with E-state index >= 15 is 0 Å². The number of amides is 1. The van der Waals surface area contributed by atoms with Gasteiger partial charge in [0.2, 0.25) is 0 Å². The number of hydrogen-bond donors (Lipinski definition) is 2. The lowest BCUT2D eigenvalue weighted by Crippen LogP contribution is -2.33. The molecule has 0 heterocycles. The summed E-state index contributed by atoms with van der Waals surface area (Å²) in [6.45, 7) is 0.800. The standard InChI is InChI=1S/C14H21N3O/c1-17(12-7-3-4-8-12)10-11-6-2-5-9-13(11)14(18)16-15/h2,5-6,9,12H,3-4,7-8,10,15H2,1H3,(H,16,18). The molecular formula is C14H21N3O. The first-order valence-corrected chi connectivity index (χ1v) is 6.51.